The van der Waals surface area contributed by atoms with Gasteiger partial charge in [0, 0.05) is 6.04 Å². The van der Waals surface area contributed by atoms with Gasteiger partial charge in [-0.05, 0) is 49.9 Å². The Labute approximate surface area is 186 Å². The van der Waals surface area contributed by atoms with E-state index in [1.54, 1.807) is 12.1 Å². The number of urea groups is 1. The van der Waals surface area contributed by atoms with Gasteiger partial charge in [-0.2, -0.15) is 13.2 Å². The summed E-state index contributed by atoms with van der Waals surface area (Å²) >= 11 is 0.663. The monoisotopic (exact) mass is 453 g/mol. The first kappa shape index (κ1) is 22.5. The number of halogens is 3. The highest BCUT2D eigenvalue weighted by atomic mass is 32.2. The van der Waals surface area contributed by atoms with E-state index in [0.717, 1.165) is 69.8 Å². The zero-order valence-corrected chi connectivity index (χ0v) is 18.7. The van der Waals surface area contributed by atoms with E-state index in [-0.39, 0.29) is 22.8 Å². The molecule has 2 saturated carbocycles. The molecular weight excluding hydrogens is 423 g/mol. The lowest BCUT2D eigenvalue weighted by Crippen LogP contribution is -2.65. The molecule has 2 amide bonds. The number of alkyl halides is 3. The van der Waals surface area contributed by atoms with Crippen molar-refractivity contribution in [2.75, 3.05) is 0 Å². The number of thioether (sulfide) groups is 1. The van der Waals surface area contributed by atoms with Gasteiger partial charge in [-0.25, -0.2) is 4.79 Å². The number of hydrogen-bond acceptors (Lipinski definition) is 3. The fourth-order valence-corrected chi connectivity index (χ4v) is 6.15. The molecule has 0 radical (unpaired) electrons. The van der Waals surface area contributed by atoms with Crippen molar-refractivity contribution in [1.82, 2.24) is 10.2 Å². The SMILES string of the molecule is Cc1ccc(C2(C(F)(F)F)NC(=O)N(C3CCCCC3)C(=NC3CCCCC3)S2)cc1. The molecule has 170 valence electrons. The molecule has 31 heavy (non-hydrogen) atoms. The van der Waals surface area contributed by atoms with Gasteiger partial charge in [0.15, 0.2) is 5.17 Å². The van der Waals surface area contributed by atoms with Crippen LogP contribution in [0.3, 0.4) is 0 Å². The number of amidine groups is 1. The van der Waals surface area contributed by atoms with Crippen molar-refractivity contribution in [3.05, 3.63) is 35.4 Å². The largest absolute Gasteiger partial charge is 0.425 e. The highest BCUT2D eigenvalue weighted by molar-refractivity contribution is 8.14. The third-order valence-electron chi connectivity index (χ3n) is 6.62. The number of amides is 2. The van der Waals surface area contributed by atoms with Gasteiger partial charge in [-0.1, -0.05) is 68.4 Å². The Morgan fingerprint density at radius 3 is 2.16 bits per heavy atom. The molecule has 1 saturated heterocycles. The average Bonchev–Trinajstić information content (AvgIpc) is 2.74. The summed E-state index contributed by atoms with van der Waals surface area (Å²) in [5, 5.41) is 2.60. The van der Waals surface area contributed by atoms with E-state index in [1.165, 1.54) is 17.0 Å². The fraction of sp³-hybridized carbons (Fsp3) is 0.652. The number of nitrogens with one attached hydrogen (secondary N) is 1. The standard InChI is InChI=1S/C23H30F3N3OS/c1-16-12-14-17(15-13-16)22(23(24,25)26)28-20(30)29(19-10-6-3-7-11-19)21(31-22)27-18-8-4-2-5-9-18/h12-15,18-19H,2-11H2,1H3,(H,28,30). The van der Waals surface area contributed by atoms with Crippen LogP contribution in [0.1, 0.15) is 75.3 Å². The van der Waals surface area contributed by atoms with Crippen molar-refractivity contribution in [3.63, 3.8) is 0 Å². The molecule has 0 aromatic heterocycles. The Morgan fingerprint density at radius 2 is 1.58 bits per heavy atom. The molecule has 1 N–H and O–H groups in total. The quantitative estimate of drug-likeness (QED) is 0.568. The van der Waals surface area contributed by atoms with Crippen molar-refractivity contribution in [1.29, 1.82) is 0 Å². The summed E-state index contributed by atoms with van der Waals surface area (Å²) in [5.74, 6) is 0. The van der Waals surface area contributed by atoms with Crippen LogP contribution in [0.5, 0.6) is 0 Å². The summed E-state index contributed by atoms with van der Waals surface area (Å²) in [4.78, 5) is 17.1. The molecule has 3 aliphatic rings. The summed E-state index contributed by atoms with van der Waals surface area (Å²) in [7, 11) is 0. The molecule has 8 heteroatoms. The van der Waals surface area contributed by atoms with Crippen LogP contribution >= 0.6 is 11.8 Å². The van der Waals surface area contributed by atoms with Gasteiger partial charge in [0.2, 0.25) is 4.87 Å². The van der Waals surface area contributed by atoms with Gasteiger partial charge in [-0.3, -0.25) is 9.89 Å². The molecule has 3 fully saturated rings. The second kappa shape index (κ2) is 9.04. The predicted molar refractivity (Wildman–Crippen MR) is 118 cm³/mol. The van der Waals surface area contributed by atoms with Crippen molar-refractivity contribution in [2.24, 2.45) is 4.99 Å². The van der Waals surface area contributed by atoms with Gasteiger partial charge < -0.3 is 5.32 Å². The van der Waals surface area contributed by atoms with Gasteiger partial charge in [-0.15, -0.1) is 0 Å². The fourth-order valence-electron chi connectivity index (χ4n) is 4.84. The minimum atomic E-state index is -4.67. The summed E-state index contributed by atoms with van der Waals surface area (Å²) in [6, 6.07) is 5.44. The molecule has 0 spiro atoms. The summed E-state index contributed by atoms with van der Waals surface area (Å²) in [5.41, 5.74) is 0.900. The van der Waals surface area contributed by atoms with Crippen molar-refractivity contribution in [3.8, 4) is 0 Å². The first-order valence-corrected chi connectivity index (χ1v) is 12.1. The Morgan fingerprint density at radius 1 is 1.00 bits per heavy atom. The highest BCUT2D eigenvalue weighted by Gasteiger charge is 2.62. The van der Waals surface area contributed by atoms with E-state index in [2.05, 4.69) is 5.32 Å². The Bertz CT molecular complexity index is 814. The zero-order valence-electron chi connectivity index (χ0n) is 17.9. The first-order valence-electron chi connectivity index (χ1n) is 11.3. The molecule has 1 atom stereocenters. The molecule has 4 rings (SSSR count). The normalized spacial score (nSPS) is 28.1. The maximum Gasteiger partial charge on any atom is 0.425 e. The van der Waals surface area contributed by atoms with E-state index in [1.807, 2.05) is 6.92 Å². The Kier molecular flexibility index (Phi) is 6.56. The molecule has 2 aliphatic carbocycles. The second-order valence-electron chi connectivity index (χ2n) is 8.94. The molecule has 1 heterocycles. The van der Waals surface area contributed by atoms with Gasteiger partial charge in [0.25, 0.3) is 0 Å². The van der Waals surface area contributed by atoms with Gasteiger partial charge >= 0.3 is 12.2 Å². The highest BCUT2D eigenvalue weighted by Crippen LogP contribution is 2.51. The molecule has 1 aliphatic heterocycles. The number of aliphatic imine (C=N–C) groups is 1. The van der Waals surface area contributed by atoms with E-state index in [9.17, 15) is 18.0 Å². The van der Waals surface area contributed by atoms with Crippen molar-refractivity contribution in [2.45, 2.75) is 94.3 Å². The summed E-state index contributed by atoms with van der Waals surface area (Å²) < 4.78 is 43.7. The maximum atomic E-state index is 14.6. The molecule has 0 bridgehead atoms. The van der Waals surface area contributed by atoms with E-state index < -0.39 is 17.1 Å². The van der Waals surface area contributed by atoms with Crippen LogP contribution in [0, 0.1) is 6.92 Å². The molecule has 1 aromatic rings. The Balaban J connectivity index is 1.76. The third-order valence-corrected chi connectivity index (χ3v) is 7.98. The lowest BCUT2D eigenvalue weighted by molar-refractivity contribution is -0.168. The molecule has 1 aromatic carbocycles. The van der Waals surface area contributed by atoms with Crippen molar-refractivity contribution >= 4 is 23.0 Å². The van der Waals surface area contributed by atoms with Crippen LogP contribution < -0.4 is 5.32 Å². The number of benzene rings is 1. The number of carbonyl (C=O) groups is 1. The number of rotatable bonds is 3. The minimum Gasteiger partial charge on any atom is -0.311 e. The minimum absolute atomic E-state index is 0.0165. The smallest absolute Gasteiger partial charge is 0.311 e. The first-order chi connectivity index (χ1) is 14.8. The van der Waals surface area contributed by atoms with E-state index >= 15 is 0 Å². The van der Waals surface area contributed by atoms with Crippen molar-refractivity contribution < 1.29 is 18.0 Å². The molecule has 1 unspecified atom stereocenters. The Hall–Kier alpha value is -1.70. The second-order valence-corrected chi connectivity index (χ2v) is 10.1. The zero-order chi connectivity index (χ0) is 22.1. The molecule has 4 nitrogen and oxygen atoms in total. The van der Waals surface area contributed by atoms with Crippen LogP contribution in [0.2, 0.25) is 0 Å². The number of carbonyl (C=O) groups excluding carboxylic acids is 1. The number of nitrogens with zero attached hydrogens (tertiary/aromatic N) is 2. The molecular formula is C23H30F3N3OS. The van der Waals surface area contributed by atoms with Crippen LogP contribution in [0.15, 0.2) is 29.3 Å². The van der Waals surface area contributed by atoms with Crippen LogP contribution in [0.4, 0.5) is 18.0 Å². The summed E-state index contributed by atoms with van der Waals surface area (Å²) in [6.45, 7) is 1.83. The lowest BCUT2D eigenvalue weighted by atomic mass is 9.94. The van der Waals surface area contributed by atoms with Gasteiger partial charge in [0.1, 0.15) is 0 Å². The summed E-state index contributed by atoms with van der Waals surface area (Å²) in [6.07, 6.45) is 4.95. The van der Waals surface area contributed by atoms with Crippen LogP contribution in [0.25, 0.3) is 0 Å². The third kappa shape index (κ3) is 4.59. The number of aryl methyl sites for hydroxylation is 1. The van der Waals surface area contributed by atoms with E-state index in [0.29, 0.717) is 11.8 Å². The van der Waals surface area contributed by atoms with E-state index in [4.69, 9.17) is 4.99 Å². The van der Waals surface area contributed by atoms with Crippen LogP contribution in [-0.2, 0) is 4.87 Å². The average molecular weight is 454 g/mol. The van der Waals surface area contributed by atoms with Gasteiger partial charge in [0.05, 0.1) is 6.04 Å². The lowest BCUT2D eigenvalue weighted by Gasteiger charge is -2.46. The maximum absolute atomic E-state index is 14.6. The van der Waals surface area contributed by atoms with Crippen LogP contribution in [-0.4, -0.2) is 34.4 Å². The number of hydrogen-bond donors (Lipinski definition) is 1. The topological polar surface area (TPSA) is 44.7 Å². The predicted octanol–water partition coefficient (Wildman–Crippen LogP) is 6.49.